The lowest BCUT2D eigenvalue weighted by molar-refractivity contribution is -0.697. The zero-order valence-corrected chi connectivity index (χ0v) is 25.7. The Morgan fingerprint density at radius 3 is 2.54 bits per heavy atom. The van der Waals surface area contributed by atoms with Crippen molar-refractivity contribution in [2.24, 2.45) is 0 Å². The molecule has 14 heteroatoms. The smallest absolute Gasteiger partial charge is 0.352 e. The summed E-state index contributed by atoms with van der Waals surface area (Å²) >= 11 is 16.3. The van der Waals surface area contributed by atoms with Gasteiger partial charge in [-0.15, -0.1) is 35.3 Å². The van der Waals surface area contributed by atoms with Crippen LogP contribution < -0.4 is 9.88 Å². The molecule has 3 N–H and O–H groups in total. The van der Waals surface area contributed by atoms with Gasteiger partial charge in [0.2, 0.25) is 5.91 Å². The number of benzene rings is 1. The predicted octanol–water partition coefficient (Wildman–Crippen LogP) is 4.55. The van der Waals surface area contributed by atoms with Crippen molar-refractivity contribution in [2.75, 3.05) is 17.3 Å². The van der Waals surface area contributed by atoms with Gasteiger partial charge in [-0.1, -0.05) is 23.2 Å². The van der Waals surface area contributed by atoms with Gasteiger partial charge in [0.05, 0.1) is 10.8 Å². The molecule has 218 valence electrons. The van der Waals surface area contributed by atoms with Crippen molar-refractivity contribution >= 4 is 82.2 Å². The van der Waals surface area contributed by atoms with E-state index in [0.717, 1.165) is 24.3 Å². The molecule has 2 aliphatic rings. The van der Waals surface area contributed by atoms with Gasteiger partial charge in [-0.05, 0) is 36.6 Å². The molecule has 2 amide bonds. The lowest BCUT2D eigenvalue weighted by atomic mass is 10.0. The minimum absolute atomic E-state index is 0.0100. The van der Waals surface area contributed by atoms with Gasteiger partial charge in [-0.3, -0.25) is 19.3 Å². The Morgan fingerprint density at radius 2 is 1.83 bits per heavy atom. The maximum atomic E-state index is 13.0. The van der Waals surface area contributed by atoms with Crippen LogP contribution in [-0.4, -0.2) is 67.5 Å². The summed E-state index contributed by atoms with van der Waals surface area (Å²) in [6.45, 7) is 0.790. The second-order valence-electron chi connectivity index (χ2n) is 9.34. The van der Waals surface area contributed by atoms with E-state index >= 15 is 0 Å². The van der Waals surface area contributed by atoms with E-state index in [1.54, 1.807) is 18.2 Å². The molecule has 4 rings (SSSR count). The Balaban J connectivity index is 1.29. The number of carbonyl (C=O) groups excluding carboxylic acids is 2. The van der Waals surface area contributed by atoms with Crippen molar-refractivity contribution in [1.29, 1.82) is 0 Å². The lowest BCUT2D eigenvalue weighted by Gasteiger charge is -2.49. The number of pyridine rings is 1. The van der Waals surface area contributed by atoms with Crippen LogP contribution in [0, 0.1) is 0 Å². The van der Waals surface area contributed by atoms with Gasteiger partial charge in [0.15, 0.2) is 12.4 Å². The maximum Gasteiger partial charge on any atom is 0.352 e. The van der Waals surface area contributed by atoms with Gasteiger partial charge in [0, 0.05) is 51.3 Å². The molecule has 0 spiro atoms. The minimum atomic E-state index is -1.16. The summed E-state index contributed by atoms with van der Waals surface area (Å²) in [5, 5.41) is 21.9. The number of aromatic nitrogens is 1. The highest BCUT2D eigenvalue weighted by atomic mass is 35.5. The van der Waals surface area contributed by atoms with Crippen LogP contribution in [0.2, 0.25) is 10.0 Å². The molecule has 2 aromatic rings. The number of nitrogens with zero attached hydrogens (tertiary/aromatic N) is 2. The normalized spacial score (nSPS) is 18.1. The topological polar surface area (TPSA) is 128 Å². The molecule has 0 saturated carbocycles. The molecule has 1 fully saturated rings. The van der Waals surface area contributed by atoms with Crippen LogP contribution in [0.5, 0.6) is 0 Å². The molecule has 41 heavy (non-hydrogen) atoms. The fraction of sp³-hybridized carbons (Fsp3) is 0.370. The number of unbranched alkanes of at least 4 members (excludes halogenated alkanes) is 2. The van der Waals surface area contributed by atoms with Crippen LogP contribution >= 0.6 is 58.5 Å². The zero-order valence-electron chi connectivity index (χ0n) is 21.8. The molecule has 1 aromatic heterocycles. The van der Waals surface area contributed by atoms with Gasteiger partial charge in [-0.25, -0.2) is 9.36 Å². The largest absolute Gasteiger partial charge is 0.481 e. The molecular weight excluding hydrogens is 629 g/mol. The summed E-state index contributed by atoms with van der Waals surface area (Å²) in [5.41, 5.74) is 0.646. The maximum absolute atomic E-state index is 13.0. The number of nitrogens with one attached hydrogen (secondary N) is 1. The number of fused-ring (bicyclic) bond motifs is 1. The van der Waals surface area contributed by atoms with E-state index < -0.39 is 29.3 Å². The summed E-state index contributed by atoms with van der Waals surface area (Å²) < 4.78 is 2.03. The van der Waals surface area contributed by atoms with Crippen molar-refractivity contribution in [3.8, 4) is 0 Å². The summed E-state index contributed by atoms with van der Waals surface area (Å²) in [6.07, 6.45) is 6.47. The average Bonchev–Trinajstić information content (AvgIpc) is 2.94. The van der Waals surface area contributed by atoms with Gasteiger partial charge >= 0.3 is 11.9 Å². The molecule has 0 aliphatic carbocycles. The van der Waals surface area contributed by atoms with Gasteiger partial charge in [-0.2, -0.15) is 0 Å². The molecular formula is C27H28Cl2N3O6S3+. The second-order valence-corrected chi connectivity index (χ2v) is 13.4. The average molecular weight is 658 g/mol. The van der Waals surface area contributed by atoms with E-state index in [-0.39, 0.29) is 23.8 Å². The summed E-state index contributed by atoms with van der Waals surface area (Å²) in [5.74, 6) is -1.85. The van der Waals surface area contributed by atoms with Gasteiger partial charge in [0.1, 0.15) is 23.7 Å². The van der Waals surface area contributed by atoms with Crippen LogP contribution in [0.25, 0.3) is 0 Å². The first-order valence-electron chi connectivity index (χ1n) is 12.7. The van der Waals surface area contributed by atoms with Gasteiger partial charge in [0.25, 0.3) is 5.91 Å². The van der Waals surface area contributed by atoms with Gasteiger partial charge < -0.3 is 15.5 Å². The molecule has 1 aromatic carbocycles. The fourth-order valence-electron chi connectivity index (χ4n) is 4.35. The predicted molar refractivity (Wildman–Crippen MR) is 160 cm³/mol. The SMILES string of the molecule is O=C(O)CCCCC[n+]1ccc(SCC2=C(C(=O)O)N3C(=O)[C@H](NC(=O)CSc4cc(Cl)ccc4Cl)[C@H]3SC2)cc1. The first kappa shape index (κ1) is 31.6. The molecule has 1 saturated heterocycles. The highest BCUT2D eigenvalue weighted by Gasteiger charge is 2.54. The molecule has 3 heterocycles. The van der Waals surface area contributed by atoms with E-state index in [9.17, 15) is 24.3 Å². The molecule has 0 radical (unpaired) electrons. The number of carbonyl (C=O) groups is 4. The number of aliphatic carboxylic acids is 2. The van der Waals surface area contributed by atoms with Crippen LogP contribution in [-0.2, 0) is 25.7 Å². The van der Waals surface area contributed by atoms with Crippen molar-refractivity contribution < 1.29 is 34.0 Å². The van der Waals surface area contributed by atoms with Crippen LogP contribution in [0.4, 0.5) is 0 Å². The number of thioether (sulfide) groups is 3. The number of rotatable bonds is 14. The summed E-state index contributed by atoms with van der Waals surface area (Å²) in [6, 6.07) is 8.09. The third kappa shape index (κ3) is 8.35. The van der Waals surface area contributed by atoms with Crippen LogP contribution in [0.15, 0.2) is 63.8 Å². The Labute approximate surface area is 260 Å². The lowest BCUT2D eigenvalue weighted by Crippen LogP contribution is -2.70. The number of amides is 2. The number of carboxylic acid groups (broad SMARTS) is 2. The fourth-order valence-corrected chi connectivity index (χ4v) is 8.02. The first-order chi connectivity index (χ1) is 19.6. The van der Waals surface area contributed by atoms with Crippen LogP contribution in [0.3, 0.4) is 0 Å². The quantitative estimate of drug-likeness (QED) is 0.116. The zero-order chi connectivity index (χ0) is 29.5. The monoisotopic (exact) mass is 656 g/mol. The van der Waals surface area contributed by atoms with E-state index in [2.05, 4.69) is 5.32 Å². The van der Waals surface area contributed by atoms with Crippen molar-refractivity contribution in [3.63, 3.8) is 0 Å². The standard InChI is InChI=1S/C27H27Cl2N3O6S3/c28-17-5-6-19(29)20(12-17)40-15-21(33)30-23-25(36)32-24(27(37)38)16(14-41-26(23)32)13-39-18-7-10-31(11-8-18)9-3-1-2-4-22(34)35/h5-8,10-12,23,26H,1-4,9,13-15H2,(H2-,30,33,34,35,37,38)/p+1/t23-,26+/m0/s1. The number of aryl methyl sites for hydroxylation is 1. The Hall–Kier alpha value is -2.38. The highest BCUT2D eigenvalue weighted by Crippen LogP contribution is 2.41. The molecule has 9 nitrogen and oxygen atoms in total. The van der Waals surface area contributed by atoms with Crippen molar-refractivity contribution in [2.45, 2.75) is 53.4 Å². The Morgan fingerprint density at radius 1 is 1.07 bits per heavy atom. The molecule has 0 unspecified atom stereocenters. The molecule has 2 aliphatic heterocycles. The summed E-state index contributed by atoms with van der Waals surface area (Å²) in [4.78, 5) is 51.2. The Bertz CT molecular complexity index is 1360. The number of hydrogen-bond donors (Lipinski definition) is 3. The second kappa shape index (κ2) is 14.7. The molecule has 2 atom stereocenters. The van der Waals surface area contributed by atoms with E-state index in [1.807, 2.05) is 29.1 Å². The summed E-state index contributed by atoms with van der Waals surface area (Å²) in [7, 11) is 0. The minimum Gasteiger partial charge on any atom is -0.481 e. The number of carboxylic acids is 2. The number of halogens is 2. The van der Waals surface area contributed by atoms with E-state index in [0.29, 0.717) is 38.4 Å². The third-order valence-electron chi connectivity index (χ3n) is 6.40. The van der Waals surface area contributed by atoms with Crippen molar-refractivity contribution in [3.05, 3.63) is 64.0 Å². The van der Waals surface area contributed by atoms with Crippen LogP contribution in [0.1, 0.15) is 25.7 Å². The number of hydrogen-bond acceptors (Lipinski definition) is 7. The van der Waals surface area contributed by atoms with Crippen molar-refractivity contribution in [1.82, 2.24) is 10.2 Å². The van der Waals surface area contributed by atoms with E-state index in [1.165, 1.54) is 40.2 Å². The first-order valence-corrected chi connectivity index (χ1v) is 16.5. The third-order valence-corrected chi connectivity index (χ3v) is 10.6. The number of β-lactam (4-membered cyclic amide) rings is 1. The van der Waals surface area contributed by atoms with E-state index in [4.69, 9.17) is 28.3 Å². The Kier molecular flexibility index (Phi) is 11.3. The highest BCUT2D eigenvalue weighted by molar-refractivity contribution is 8.01. The molecule has 0 bridgehead atoms.